The van der Waals surface area contributed by atoms with E-state index in [1.165, 1.54) is 0 Å². The topological polar surface area (TPSA) is 67.4 Å². The van der Waals surface area contributed by atoms with Crippen molar-refractivity contribution in [3.8, 4) is 0 Å². The largest absolute Gasteiger partial charge is 0.368 e. The van der Waals surface area contributed by atoms with Crippen molar-refractivity contribution in [1.82, 2.24) is 10.9 Å². The zero-order chi connectivity index (χ0) is 12.1. The van der Waals surface area contributed by atoms with Gasteiger partial charge in [-0.3, -0.25) is 20.4 Å². The molecule has 0 aliphatic carbocycles. The van der Waals surface area contributed by atoms with E-state index in [4.69, 9.17) is 4.74 Å². The van der Waals surface area contributed by atoms with Crippen molar-refractivity contribution >= 4 is 11.8 Å². The highest BCUT2D eigenvalue weighted by Gasteiger charge is 2.23. The molecule has 0 aromatic heterocycles. The molecule has 1 atom stereocenters. The molecule has 0 unspecified atom stereocenters. The first-order chi connectivity index (χ1) is 8.27. The van der Waals surface area contributed by atoms with Crippen LogP contribution in [-0.4, -0.2) is 24.5 Å². The fourth-order valence-corrected chi connectivity index (χ4v) is 1.64. The minimum absolute atomic E-state index is 0.299. The first kappa shape index (κ1) is 11.6. The molecule has 5 heteroatoms. The summed E-state index contributed by atoms with van der Waals surface area (Å²) in [5, 5.41) is 0. The van der Waals surface area contributed by atoms with Crippen LogP contribution < -0.4 is 10.9 Å². The van der Waals surface area contributed by atoms with Crippen molar-refractivity contribution in [3.05, 3.63) is 35.9 Å². The van der Waals surface area contributed by atoms with Crippen molar-refractivity contribution in [2.75, 3.05) is 6.61 Å². The first-order valence-corrected chi connectivity index (χ1v) is 5.54. The molecule has 2 rings (SSSR count). The van der Waals surface area contributed by atoms with Crippen LogP contribution in [0.15, 0.2) is 30.3 Å². The molecule has 0 radical (unpaired) electrons. The van der Waals surface area contributed by atoms with Crippen LogP contribution in [0.4, 0.5) is 0 Å². The Morgan fingerprint density at radius 1 is 1.18 bits per heavy atom. The van der Waals surface area contributed by atoms with E-state index in [0.29, 0.717) is 18.6 Å². The molecule has 1 fully saturated rings. The average molecular weight is 234 g/mol. The van der Waals surface area contributed by atoms with Crippen LogP contribution in [0.3, 0.4) is 0 Å². The Balaban J connectivity index is 1.82. The monoisotopic (exact) mass is 234 g/mol. The van der Waals surface area contributed by atoms with Gasteiger partial charge in [0.2, 0.25) is 0 Å². The number of hydrazine groups is 1. The Hall–Kier alpha value is -1.88. The van der Waals surface area contributed by atoms with Gasteiger partial charge in [0.1, 0.15) is 6.10 Å². The third-order valence-corrected chi connectivity index (χ3v) is 2.56. The molecule has 5 nitrogen and oxygen atoms in total. The molecule has 1 heterocycles. The summed E-state index contributed by atoms with van der Waals surface area (Å²) in [6.07, 6.45) is 1.14. The van der Waals surface area contributed by atoms with Crippen molar-refractivity contribution < 1.29 is 14.3 Å². The highest BCUT2D eigenvalue weighted by Crippen LogP contribution is 2.11. The minimum atomic E-state index is -0.439. The van der Waals surface area contributed by atoms with Gasteiger partial charge in [0.25, 0.3) is 11.8 Å². The summed E-state index contributed by atoms with van der Waals surface area (Å²) in [5.41, 5.74) is 5.22. The molecule has 2 N–H and O–H groups in total. The van der Waals surface area contributed by atoms with Gasteiger partial charge in [0, 0.05) is 12.2 Å². The molecule has 1 aromatic rings. The molecule has 0 spiro atoms. The molecule has 0 bridgehead atoms. The maximum atomic E-state index is 11.6. The standard InChI is InChI=1S/C12H14N2O3/c15-11(9-5-2-1-3-6-9)13-14-12(16)10-7-4-8-17-10/h1-3,5-6,10H,4,7-8H2,(H,13,15)(H,14,16)/t10-/m0/s1. The second-order valence-corrected chi connectivity index (χ2v) is 3.81. The van der Waals surface area contributed by atoms with Crippen LogP contribution in [0.5, 0.6) is 0 Å². The number of carbonyl (C=O) groups excluding carboxylic acids is 2. The number of rotatable bonds is 2. The fraction of sp³-hybridized carbons (Fsp3) is 0.333. The first-order valence-electron chi connectivity index (χ1n) is 5.54. The van der Waals surface area contributed by atoms with Gasteiger partial charge in [-0.05, 0) is 25.0 Å². The SMILES string of the molecule is O=C(NNC(=O)[C@@H]1CCCO1)c1ccccc1. The number of nitrogens with one attached hydrogen (secondary N) is 2. The molecule has 1 aliphatic heterocycles. The number of ether oxygens (including phenoxy) is 1. The predicted molar refractivity (Wildman–Crippen MR) is 61.0 cm³/mol. The lowest BCUT2D eigenvalue weighted by Gasteiger charge is -2.11. The van der Waals surface area contributed by atoms with Crippen molar-refractivity contribution in [3.63, 3.8) is 0 Å². The summed E-state index contributed by atoms with van der Waals surface area (Å²) in [4.78, 5) is 23.1. The number of benzene rings is 1. The lowest BCUT2D eigenvalue weighted by molar-refractivity contribution is -0.130. The van der Waals surface area contributed by atoms with Crippen molar-refractivity contribution in [1.29, 1.82) is 0 Å². The zero-order valence-corrected chi connectivity index (χ0v) is 9.31. The quantitative estimate of drug-likeness (QED) is 0.737. The van der Waals surface area contributed by atoms with Gasteiger partial charge in [0.15, 0.2) is 0 Å². The Labute approximate surface area is 99.1 Å². The predicted octanol–water partition coefficient (Wildman–Crippen LogP) is 0.627. The number of amides is 2. The highest BCUT2D eigenvalue weighted by atomic mass is 16.5. The van der Waals surface area contributed by atoms with Gasteiger partial charge in [-0.25, -0.2) is 0 Å². The van der Waals surface area contributed by atoms with E-state index in [1.807, 2.05) is 6.07 Å². The van der Waals surface area contributed by atoms with E-state index < -0.39 is 6.10 Å². The Bertz CT molecular complexity index is 399. The maximum absolute atomic E-state index is 11.6. The molecular formula is C12H14N2O3. The Morgan fingerprint density at radius 3 is 2.59 bits per heavy atom. The van der Waals surface area contributed by atoms with Gasteiger partial charge in [-0.2, -0.15) is 0 Å². The van der Waals surface area contributed by atoms with E-state index >= 15 is 0 Å². The van der Waals surface area contributed by atoms with E-state index in [2.05, 4.69) is 10.9 Å². The molecule has 90 valence electrons. The summed E-state index contributed by atoms with van der Waals surface area (Å²) < 4.78 is 5.19. The van der Waals surface area contributed by atoms with E-state index in [1.54, 1.807) is 24.3 Å². The van der Waals surface area contributed by atoms with Gasteiger partial charge >= 0.3 is 0 Å². The van der Waals surface area contributed by atoms with E-state index in [-0.39, 0.29) is 11.8 Å². The lowest BCUT2D eigenvalue weighted by atomic mass is 10.2. The Kier molecular flexibility index (Phi) is 3.72. The minimum Gasteiger partial charge on any atom is -0.368 e. The van der Waals surface area contributed by atoms with Crippen LogP contribution >= 0.6 is 0 Å². The van der Waals surface area contributed by atoms with Gasteiger partial charge in [0.05, 0.1) is 0 Å². The van der Waals surface area contributed by atoms with E-state index in [9.17, 15) is 9.59 Å². The van der Waals surface area contributed by atoms with Gasteiger partial charge in [-0.15, -0.1) is 0 Å². The number of hydrogen-bond donors (Lipinski definition) is 2. The van der Waals surface area contributed by atoms with Crippen LogP contribution in [0.25, 0.3) is 0 Å². The van der Waals surface area contributed by atoms with Crippen LogP contribution in [0, 0.1) is 0 Å². The van der Waals surface area contributed by atoms with Gasteiger partial charge in [-0.1, -0.05) is 18.2 Å². The summed E-state index contributed by atoms with van der Waals surface area (Å²) >= 11 is 0. The zero-order valence-electron chi connectivity index (χ0n) is 9.31. The highest BCUT2D eigenvalue weighted by molar-refractivity contribution is 5.95. The molecular weight excluding hydrogens is 220 g/mol. The summed E-state index contributed by atoms with van der Waals surface area (Å²) in [5.74, 6) is -0.635. The summed E-state index contributed by atoms with van der Waals surface area (Å²) in [6, 6.07) is 8.69. The van der Waals surface area contributed by atoms with Crippen LogP contribution in [-0.2, 0) is 9.53 Å². The fourth-order valence-electron chi connectivity index (χ4n) is 1.64. The normalized spacial score (nSPS) is 18.7. The Morgan fingerprint density at radius 2 is 1.94 bits per heavy atom. The third-order valence-electron chi connectivity index (χ3n) is 2.56. The second-order valence-electron chi connectivity index (χ2n) is 3.81. The number of carbonyl (C=O) groups is 2. The third kappa shape index (κ3) is 3.04. The van der Waals surface area contributed by atoms with Gasteiger partial charge < -0.3 is 4.74 Å². The average Bonchev–Trinajstić information content (AvgIpc) is 2.90. The molecule has 1 aliphatic rings. The lowest BCUT2D eigenvalue weighted by Crippen LogP contribution is -2.46. The second kappa shape index (κ2) is 5.45. The van der Waals surface area contributed by atoms with Crippen LogP contribution in [0.1, 0.15) is 23.2 Å². The molecule has 17 heavy (non-hydrogen) atoms. The smallest absolute Gasteiger partial charge is 0.269 e. The molecule has 1 aromatic carbocycles. The van der Waals surface area contributed by atoms with Crippen molar-refractivity contribution in [2.24, 2.45) is 0 Å². The summed E-state index contributed by atoms with van der Waals surface area (Å²) in [7, 11) is 0. The molecule has 0 saturated carbocycles. The summed E-state index contributed by atoms with van der Waals surface area (Å²) in [6.45, 7) is 0.602. The van der Waals surface area contributed by atoms with Crippen molar-refractivity contribution in [2.45, 2.75) is 18.9 Å². The molecule has 2 amide bonds. The van der Waals surface area contributed by atoms with E-state index in [0.717, 1.165) is 6.42 Å². The number of hydrogen-bond acceptors (Lipinski definition) is 3. The molecule has 1 saturated heterocycles. The van der Waals surface area contributed by atoms with Crippen LogP contribution in [0.2, 0.25) is 0 Å². The maximum Gasteiger partial charge on any atom is 0.269 e.